The van der Waals surface area contributed by atoms with Crippen molar-refractivity contribution >= 4 is 33.9 Å². The topological polar surface area (TPSA) is 69.8 Å². The van der Waals surface area contributed by atoms with Gasteiger partial charge in [0.15, 0.2) is 16.6 Å². The predicted molar refractivity (Wildman–Crippen MR) is 148 cm³/mol. The molecule has 0 unspecified atom stereocenters. The van der Waals surface area contributed by atoms with Crippen LogP contribution in [-0.4, -0.2) is 60.3 Å². The van der Waals surface area contributed by atoms with Crippen molar-refractivity contribution < 1.29 is 9.47 Å². The Morgan fingerprint density at radius 3 is 2.31 bits per heavy atom. The number of ether oxygens (including phenoxy) is 2. The maximum Gasteiger partial charge on any atom is 0.253 e. The van der Waals surface area contributed by atoms with E-state index >= 15 is 0 Å². The van der Waals surface area contributed by atoms with E-state index in [4.69, 9.17) is 21.7 Å². The van der Waals surface area contributed by atoms with Gasteiger partial charge in [-0.15, -0.1) is 0 Å². The Kier molecular flexibility index (Phi) is 9.51. The Morgan fingerprint density at radius 2 is 1.66 bits per heavy atom. The van der Waals surface area contributed by atoms with E-state index in [0.717, 1.165) is 37.1 Å². The average Bonchev–Trinajstić information content (AvgIpc) is 2.88. The molecular weight excluding hydrogens is 460 g/mol. The molecule has 0 spiro atoms. The van der Waals surface area contributed by atoms with Crippen LogP contribution in [0.15, 0.2) is 47.3 Å². The van der Waals surface area contributed by atoms with E-state index in [1.54, 1.807) is 20.3 Å². The smallest absolute Gasteiger partial charge is 0.253 e. The van der Waals surface area contributed by atoms with Gasteiger partial charge in [0, 0.05) is 35.8 Å². The molecule has 188 valence electrons. The van der Waals surface area contributed by atoms with Crippen molar-refractivity contribution in [3.8, 4) is 11.5 Å². The van der Waals surface area contributed by atoms with Gasteiger partial charge in [0.2, 0.25) is 0 Å². The first-order valence-electron chi connectivity index (χ1n) is 12.1. The molecule has 1 aromatic heterocycles. The number of thiocarbonyl (C=S) groups is 1. The number of aromatic amines is 1. The molecule has 1 heterocycles. The molecule has 0 radical (unpaired) electrons. The van der Waals surface area contributed by atoms with Gasteiger partial charge >= 0.3 is 0 Å². The van der Waals surface area contributed by atoms with Crippen molar-refractivity contribution in [2.24, 2.45) is 0 Å². The number of methoxy groups -OCH3 is 2. The highest BCUT2D eigenvalue weighted by molar-refractivity contribution is 7.80. The summed E-state index contributed by atoms with van der Waals surface area (Å²) >= 11 is 5.85. The molecule has 0 fully saturated rings. The van der Waals surface area contributed by atoms with Crippen molar-refractivity contribution in [1.82, 2.24) is 14.8 Å². The van der Waals surface area contributed by atoms with Crippen LogP contribution >= 0.6 is 12.2 Å². The third-order valence-electron chi connectivity index (χ3n) is 6.29. The summed E-state index contributed by atoms with van der Waals surface area (Å²) < 4.78 is 10.8. The molecule has 0 bridgehead atoms. The minimum atomic E-state index is -0.144. The molecule has 0 saturated carbocycles. The molecule has 8 heteroatoms. The van der Waals surface area contributed by atoms with E-state index in [-0.39, 0.29) is 5.56 Å². The maximum atomic E-state index is 13.0. The molecule has 0 aliphatic rings. The zero-order valence-corrected chi connectivity index (χ0v) is 22.1. The second kappa shape index (κ2) is 12.6. The number of fused-ring (bicyclic) bond motifs is 1. The number of aryl methyl sites for hydroxylation is 1. The minimum Gasteiger partial charge on any atom is -0.493 e. The third-order valence-corrected chi connectivity index (χ3v) is 6.65. The fourth-order valence-corrected chi connectivity index (χ4v) is 4.37. The monoisotopic (exact) mass is 496 g/mol. The van der Waals surface area contributed by atoms with Crippen molar-refractivity contribution in [2.75, 3.05) is 45.7 Å². The van der Waals surface area contributed by atoms with E-state index in [0.29, 0.717) is 40.8 Å². The summed E-state index contributed by atoms with van der Waals surface area (Å²) in [5.74, 6) is 1.19. The van der Waals surface area contributed by atoms with Crippen molar-refractivity contribution in [3.63, 3.8) is 0 Å². The number of hydrogen-bond donors (Lipinski definition) is 2. The number of pyridine rings is 1. The zero-order chi connectivity index (χ0) is 25.4. The number of H-pyrrole nitrogens is 1. The highest BCUT2D eigenvalue weighted by Gasteiger charge is 2.16. The molecule has 3 rings (SSSR count). The lowest BCUT2D eigenvalue weighted by Gasteiger charge is -2.29. The Labute approximate surface area is 213 Å². The summed E-state index contributed by atoms with van der Waals surface area (Å²) in [6.45, 7) is 10.3. The number of hydrogen-bond acceptors (Lipinski definition) is 5. The van der Waals surface area contributed by atoms with Crippen LogP contribution in [0.2, 0.25) is 0 Å². The van der Waals surface area contributed by atoms with Crippen LogP contribution in [0.4, 0.5) is 5.69 Å². The largest absolute Gasteiger partial charge is 0.493 e. The number of likely N-dealkylation sites (N-methyl/N-ethyl adjacent to an activating group) is 1. The molecule has 0 aliphatic carbocycles. The van der Waals surface area contributed by atoms with Crippen LogP contribution in [0.3, 0.4) is 0 Å². The van der Waals surface area contributed by atoms with Gasteiger partial charge in [-0.2, -0.15) is 0 Å². The predicted octanol–water partition coefficient (Wildman–Crippen LogP) is 4.65. The van der Waals surface area contributed by atoms with Crippen molar-refractivity contribution in [3.05, 3.63) is 63.9 Å². The number of para-hydroxylation sites is 1. The van der Waals surface area contributed by atoms with E-state index in [9.17, 15) is 4.79 Å². The van der Waals surface area contributed by atoms with Crippen LogP contribution < -0.4 is 20.3 Å². The minimum absolute atomic E-state index is 0.144. The van der Waals surface area contributed by atoms with Crippen LogP contribution in [0.25, 0.3) is 10.9 Å². The first kappa shape index (κ1) is 26.5. The first-order valence-corrected chi connectivity index (χ1v) is 12.5. The van der Waals surface area contributed by atoms with E-state index < -0.39 is 0 Å². The molecule has 0 aliphatic heterocycles. The number of nitrogens with one attached hydrogen (secondary N) is 2. The molecule has 3 aromatic rings. The van der Waals surface area contributed by atoms with E-state index in [1.807, 2.05) is 30.3 Å². The Morgan fingerprint density at radius 1 is 0.971 bits per heavy atom. The van der Waals surface area contributed by atoms with Gasteiger partial charge in [0.05, 0.1) is 26.3 Å². The third kappa shape index (κ3) is 6.52. The SMILES string of the molecule is CCc1ccccc1NC(=S)N(CCN(CC)CC)Cc1cc2cc(OC)c(OC)cc2[nH]c1=O. The molecule has 35 heavy (non-hydrogen) atoms. The number of rotatable bonds is 11. The lowest BCUT2D eigenvalue weighted by atomic mass is 10.1. The summed E-state index contributed by atoms with van der Waals surface area (Å²) in [6, 6.07) is 13.7. The quantitative estimate of drug-likeness (QED) is 0.375. The van der Waals surface area contributed by atoms with Crippen molar-refractivity contribution in [2.45, 2.75) is 33.7 Å². The second-order valence-electron chi connectivity index (χ2n) is 8.31. The van der Waals surface area contributed by atoms with Gasteiger partial charge < -0.3 is 29.6 Å². The molecular formula is C27H36N4O3S. The molecule has 0 amide bonds. The van der Waals surface area contributed by atoms with Gasteiger partial charge in [-0.1, -0.05) is 39.0 Å². The van der Waals surface area contributed by atoms with E-state index in [2.05, 4.69) is 46.9 Å². The number of benzene rings is 2. The molecule has 7 nitrogen and oxygen atoms in total. The maximum absolute atomic E-state index is 13.0. The fraction of sp³-hybridized carbons (Fsp3) is 0.407. The Balaban J connectivity index is 1.93. The van der Waals surface area contributed by atoms with Crippen molar-refractivity contribution in [1.29, 1.82) is 0 Å². The summed E-state index contributed by atoms with van der Waals surface area (Å²) in [5, 5.41) is 4.89. The highest BCUT2D eigenvalue weighted by Crippen LogP contribution is 2.31. The van der Waals surface area contributed by atoms with Gasteiger partial charge in [-0.25, -0.2) is 0 Å². The summed E-state index contributed by atoms with van der Waals surface area (Å²) in [5.41, 5.74) is 3.38. The second-order valence-corrected chi connectivity index (χ2v) is 8.69. The highest BCUT2D eigenvalue weighted by atomic mass is 32.1. The summed E-state index contributed by atoms with van der Waals surface area (Å²) in [7, 11) is 3.18. The van der Waals surface area contributed by atoms with Gasteiger partial charge in [-0.3, -0.25) is 4.79 Å². The summed E-state index contributed by atoms with van der Waals surface area (Å²) in [4.78, 5) is 20.4. The molecule has 2 aromatic carbocycles. The standard InChI is InChI=1S/C27H36N4O3S/c1-6-19-11-9-10-12-22(19)29-27(35)31(14-13-30(7-2)8-3)18-21-15-20-16-24(33-4)25(34-5)17-23(20)28-26(21)32/h9-12,15-17H,6-8,13-14,18H2,1-5H3,(H,28,32)(H,29,35). The Hall–Kier alpha value is -3.10. The van der Waals surface area contributed by atoms with Crippen LogP contribution in [0.5, 0.6) is 11.5 Å². The zero-order valence-electron chi connectivity index (χ0n) is 21.3. The van der Waals surface area contributed by atoms with Gasteiger partial charge in [-0.05, 0) is 55.5 Å². The number of nitrogens with zero attached hydrogens (tertiary/aromatic N) is 2. The van der Waals surface area contributed by atoms with Crippen LogP contribution in [0, 0.1) is 0 Å². The van der Waals surface area contributed by atoms with Crippen LogP contribution in [0.1, 0.15) is 31.9 Å². The molecule has 2 N–H and O–H groups in total. The van der Waals surface area contributed by atoms with Crippen LogP contribution in [-0.2, 0) is 13.0 Å². The number of anilines is 1. The fourth-order valence-electron chi connectivity index (χ4n) is 4.10. The molecule has 0 saturated heterocycles. The van der Waals surface area contributed by atoms with Gasteiger partial charge in [0.25, 0.3) is 5.56 Å². The van der Waals surface area contributed by atoms with Gasteiger partial charge in [0.1, 0.15) is 0 Å². The average molecular weight is 497 g/mol. The normalized spacial score (nSPS) is 11.0. The summed E-state index contributed by atoms with van der Waals surface area (Å²) in [6.07, 6.45) is 0.904. The lowest BCUT2D eigenvalue weighted by molar-refractivity contribution is 0.266. The Bertz CT molecular complexity index is 1210. The molecule has 0 atom stereocenters. The first-order chi connectivity index (χ1) is 16.9. The van der Waals surface area contributed by atoms with E-state index in [1.165, 1.54) is 5.56 Å². The number of aromatic nitrogens is 1. The lowest BCUT2D eigenvalue weighted by Crippen LogP contribution is -2.41.